The maximum absolute atomic E-state index is 11.8. The number of non-ortho nitro benzene ring substituents is 1. The molecule has 6 aromatic carbocycles. The number of phenols is 1. The number of aliphatic hydroxyl groups excluding tert-OH is 1. The highest BCUT2D eigenvalue weighted by molar-refractivity contribution is 7.86. The van der Waals surface area contributed by atoms with E-state index in [-0.39, 0.29) is 22.7 Å². The minimum Gasteiger partial charge on any atom is -0.505 e. The summed E-state index contributed by atoms with van der Waals surface area (Å²) in [6.45, 7) is 0.211. The molecule has 6 rings (SSSR count). The van der Waals surface area contributed by atoms with Gasteiger partial charge in [-0.05, 0) is 82.7 Å². The number of hydrogen-bond donors (Lipinski definition) is 5. The lowest BCUT2D eigenvalue weighted by molar-refractivity contribution is -0.385. The molecule has 0 saturated carbocycles. The summed E-state index contributed by atoms with van der Waals surface area (Å²) < 4.78 is 38.7. The molecule has 0 heterocycles. The molecule has 0 aromatic heterocycles. The molecule has 0 aliphatic carbocycles. The average molecular weight is 760 g/mol. The highest BCUT2D eigenvalue weighted by Crippen LogP contribution is 2.40. The monoisotopic (exact) mass is 759 g/mol. The van der Waals surface area contributed by atoms with Gasteiger partial charge in [0.2, 0.25) is 0 Å². The number of fused-ring (bicyclic) bond motifs is 1. The summed E-state index contributed by atoms with van der Waals surface area (Å²) in [5, 5.41) is 54.1. The number of ether oxygens (including phenoxy) is 1. The zero-order valence-corrected chi connectivity index (χ0v) is 29.9. The Hall–Kier alpha value is -7.01. The van der Waals surface area contributed by atoms with Crippen molar-refractivity contribution in [2.24, 2.45) is 20.5 Å². The van der Waals surface area contributed by atoms with Gasteiger partial charge in [0.05, 0.1) is 30.0 Å². The quantitative estimate of drug-likeness (QED) is 0.0187. The number of aromatic hydroxyl groups is 1. The summed E-state index contributed by atoms with van der Waals surface area (Å²) in [4.78, 5) is 9.71. The SMILES string of the molecule is COc1cc(N=Nc2ccc(C=Cc3ccc([N+](=O)[O-])cc3S(=O)(=O)O)cc2)c(CO)cc1N=Nc1ccc2cc(NCc3ccc(N)cc3)ccc2c1O. The van der Waals surface area contributed by atoms with Crippen molar-refractivity contribution in [3.63, 3.8) is 0 Å². The van der Waals surface area contributed by atoms with Crippen molar-refractivity contribution in [1.82, 2.24) is 0 Å². The van der Waals surface area contributed by atoms with Gasteiger partial charge in [-0.3, -0.25) is 14.7 Å². The Morgan fingerprint density at radius 3 is 2.25 bits per heavy atom. The predicted molar refractivity (Wildman–Crippen MR) is 209 cm³/mol. The second kappa shape index (κ2) is 16.3. The first-order valence-electron chi connectivity index (χ1n) is 16.4. The third kappa shape index (κ3) is 9.14. The second-order valence-corrected chi connectivity index (χ2v) is 13.4. The third-order valence-corrected chi connectivity index (χ3v) is 9.28. The molecule has 0 saturated heterocycles. The molecule has 0 fully saturated rings. The number of benzene rings is 6. The van der Waals surface area contributed by atoms with Crippen molar-refractivity contribution in [3.05, 3.63) is 142 Å². The van der Waals surface area contributed by atoms with E-state index in [0.717, 1.165) is 28.8 Å². The molecule has 0 unspecified atom stereocenters. The average Bonchev–Trinajstić information content (AvgIpc) is 3.18. The fourth-order valence-electron chi connectivity index (χ4n) is 5.45. The normalized spacial score (nSPS) is 11.9. The van der Waals surface area contributed by atoms with Crippen molar-refractivity contribution >= 4 is 72.9 Å². The number of nitrogens with two attached hydrogens (primary N) is 1. The number of nitrogen functional groups attached to an aromatic ring is 1. The number of nitrogens with zero attached hydrogens (tertiary/aromatic N) is 5. The first kappa shape index (κ1) is 37.7. The first-order valence-corrected chi connectivity index (χ1v) is 17.9. The molecule has 0 amide bonds. The molecule has 15 nitrogen and oxygen atoms in total. The van der Waals surface area contributed by atoms with Gasteiger partial charge in [-0.25, -0.2) is 0 Å². The Morgan fingerprint density at radius 1 is 0.836 bits per heavy atom. The van der Waals surface area contributed by atoms with Crippen molar-refractivity contribution in [2.75, 3.05) is 18.2 Å². The summed E-state index contributed by atoms with van der Waals surface area (Å²) in [5.74, 6) is 0.247. The lowest BCUT2D eigenvalue weighted by atomic mass is 10.1. The number of hydrogen-bond acceptors (Lipinski definition) is 13. The van der Waals surface area contributed by atoms with Crippen LogP contribution in [0.5, 0.6) is 11.5 Å². The van der Waals surface area contributed by atoms with Gasteiger partial charge in [0.1, 0.15) is 22.0 Å². The van der Waals surface area contributed by atoms with Gasteiger partial charge in [0.25, 0.3) is 15.8 Å². The van der Waals surface area contributed by atoms with E-state index in [4.69, 9.17) is 10.5 Å². The van der Waals surface area contributed by atoms with Crippen LogP contribution in [0.4, 0.5) is 39.8 Å². The van der Waals surface area contributed by atoms with Crippen molar-refractivity contribution in [1.29, 1.82) is 0 Å². The lowest BCUT2D eigenvalue weighted by Gasteiger charge is -2.10. The summed E-state index contributed by atoms with van der Waals surface area (Å²) in [6, 6.07) is 29.6. The zero-order valence-electron chi connectivity index (χ0n) is 29.1. The van der Waals surface area contributed by atoms with Gasteiger partial charge in [0, 0.05) is 47.1 Å². The van der Waals surface area contributed by atoms with Crippen LogP contribution >= 0.6 is 0 Å². The maximum atomic E-state index is 11.8. The summed E-state index contributed by atoms with van der Waals surface area (Å²) >= 11 is 0. The fourth-order valence-corrected chi connectivity index (χ4v) is 6.15. The van der Waals surface area contributed by atoms with Crippen LogP contribution in [0.15, 0.2) is 135 Å². The number of nitro benzene ring substituents is 1. The van der Waals surface area contributed by atoms with Crippen LogP contribution in [0, 0.1) is 10.1 Å². The van der Waals surface area contributed by atoms with Crippen LogP contribution in [0.25, 0.3) is 22.9 Å². The smallest absolute Gasteiger partial charge is 0.295 e. The van der Waals surface area contributed by atoms with E-state index in [1.807, 2.05) is 42.5 Å². The van der Waals surface area contributed by atoms with Gasteiger partial charge < -0.3 is 26.0 Å². The first-order chi connectivity index (χ1) is 26.4. The number of azo groups is 2. The van der Waals surface area contributed by atoms with Gasteiger partial charge in [-0.1, -0.05) is 42.5 Å². The van der Waals surface area contributed by atoms with E-state index in [1.165, 1.54) is 19.3 Å². The van der Waals surface area contributed by atoms with E-state index in [9.17, 15) is 33.3 Å². The topological polar surface area (TPSA) is 235 Å². The lowest BCUT2D eigenvalue weighted by Crippen LogP contribution is -2.02. The van der Waals surface area contributed by atoms with Crippen molar-refractivity contribution in [2.45, 2.75) is 18.0 Å². The molecule has 0 aliphatic rings. The van der Waals surface area contributed by atoms with Gasteiger partial charge in [0.15, 0.2) is 5.75 Å². The Balaban J connectivity index is 1.16. The molecular weight excluding hydrogens is 727 g/mol. The molecular formula is C39H33N7O8S. The standard InChI is InChI=1S/C39H33N7O8S/c1-54-37-21-35(44-42-30-12-5-24(6-13-30)2-7-26-8-15-32(46(49)50)20-38(26)55(51,52)53)28(23-47)19-36(37)45-43-34-17-9-27-18-31(14-16-33(27)39(34)48)41-22-25-3-10-29(40)11-4-25/h2-21,41,47-48H,22-23,40H2,1H3,(H,51,52,53). The van der Waals surface area contributed by atoms with Crippen molar-refractivity contribution in [3.8, 4) is 11.5 Å². The largest absolute Gasteiger partial charge is 0.505 e. The summed E-state index contributed by atoms with van der Waals surface area (Å²) in [5.41, 5.74) is 10.3. The molecule has 6 aromatic rings. The fraction of sp³-hybridized carbons (Fsp3) is 0.0769. The van der Waals surface area contributed by atoms with E-state index < -0.39 is 32.2 Å². The predicted octanol–water partition coefficient (Wildman–Crippen LogP) is 9.40. The third-order valence-electron chi connectivity index (χ3n) is 8.37. The number of aliphatic hydroxyl groups is 1. The molecule has 16 heteroatoms. The van der Waals surface area contributed by atoms with Gasteiger partial charge in [-0.2, -0.15) is 18.6 Å². The molecule has 0 aliphatic heterocycles. The van der Waals surface area contributed by atoms with E-state index in [0.29, 0.717) is 45.9 Å². The molecule has 6 N–H and O–H groups in total. The number of anilines is 2. The number of nitro groups is 1. The number of methoxy groups -OCH3 is 1. The van der Waals surface area contributed by atoms with E-state index in [1.54, 1.807) is 54.6 Å². The van der Waals surface area contributed by atoms with Crippen LogP contribution in [0.1, 0.15) is 22.3 Å². The van der Waals surface area contributed by atoms with Crippen LogP contribution in [0.3, 0.4) is 0 Å². The van der Waals surface area contributed by atoms with Gasteiger partial charge >= 0.3 is 0 Å². The summed E-state index contributed by atoms with van der Waals surface area (Å²) in [6.07, 6.45) is 2.97. The molecule has 55 heavy (non-hydrogen) atoms. The van der Waals surface area contributed by atoms with E-state index >= 15 is 0 Å². The molecule has 0 spiro atoms. The van der Waals surface area contributed by atoms with Gasteiger partial charge in [-0.15, -0.1) is 10.2 Å². The van der Waals surface area contributed by atoms with Crippen LogP contribution < -0.4 is 15.8 Å². The number of nitrogens with one attached hydrogen (secondary N) is 1. The Kier molecular flexibility index (Phi) is 11.2. The Bertz CT molecular complexity index is 2590. The van der Waals surface area contributed by atoms with Crippen LogP contribution in [-0.4, -0.2) is 35.2 Å². The zero-order chi connectivity index (χ0) is 39.1. The summed E-state index contributed by atoms with van der Waals surface area (Å²) in [7, 11) is -3.27. The minimum atomic E-state index is -4.72. The van der Waals surface area contributed by atoms with Crippen LogP contribution in [0.2, 0.25) is 0 Å². The Morgan fingerprint density at radius 2 is 1.56 bits per heavy atom. The van der Waals surface area contributed by atoms with Crippen LogP contribution in [-0.2, 0) is 23.3 Å². The second-order valence-electron chi connectivity index (χ2n) is 12.1. The number of rotatable bonds is 13. The number of phenolic OH excluding ortho intramolecular Hbond substituents is 1. The van der Waals surface area contributed by atoms with E-state index in [2.05, 4.69) is 25.8 Å². The highest BCUT2D eigenvalue weighted by Gasteiger charge is 2.19. The minimum absolute atomic E-state index is 0.0474. The molecule has 278 valence electrons. The molecule has 0 radical (unpaired) electrons. The van der Waals surface area contributed by atoms with Crippen molar-refractivity contribution < 1.29 is 32.8 Å². The molecule has 0 atom stereocenters. The highest BCUT2D eigenvalue weighted by atomic mass is 32.2. The Labute approximate surface area is 314 Å². The maximum Gasteiger partial charge on any atom is 0.295 e. The molecule has 0 bridgehead atoms.